The number of aliphatic hydroxyl groups excluding tert-OH is 1. The third-order valence-electron chi connectivity index (χ3n) is 1.97. The first kappa shape index (κ1) is 16.5. The standard InChI is InChI=1S/C11H22Cl2O3/c1-3-5-10(12)15-7-9(14)8-16-11(13)6-4-2/h9-11,14H,3-8H2,1-2H3. The van der Waals surface area contributed by atoms with Crippen LogP contribution in [0.5, 0.6) is 0 Å². The fourth-order valence-corrected chi connectivity index (χ4v) is 1.68. The van der Waals surface area contributed by atoms with Gasteiger partial charge in [-0.3, -0.25) is 0 Å². The highest BCUT2D eigenvalue weighted by Gasteiger charge is 2.11. The van der Waals surface area contributed by atoms with Gasteiger partial charge in [-0.1, -0.05) is 49.9 Å². The Bertz CT molecular complexity index is 142. The lowest BCUT2D eigenvalue weighted by molar-refractivity contribution is -0.0354. The van der Waals surface area contributed by atoms with Crippen molar-refractivity contribution in [1.82, 2.24) is 0 Å². The maximum Gasteiger partial charge on any atom is 0.131 e. The molecule has 0 aliphatic heterocycles. The molecule has 0 saturated carbocycles. The lowest BCUT2D eigenvalue weighted by Crippen LogP contribution is -2.25. The van der Waals surface area contributed by atoms with Gasteiger partial charge in [0.15, 0.2) is 0 Å². The number of ether oxygens (including phenoxy) is 2. The maximum atomic E-state index is 9.52. The van der Waals surface area contributed by atoms with Gasteiger partial charge < -0.3 is 14.6 Å². The number of aliphatic hydroxyl groups is 1. The zero-order chi connectivity index (χ0) is 12.4. The predicted molar refractivity (Wildman–Crippen MR) is 67.0 cm³/mol. The Labute approximate surface area is 108 Å². The minimum Gasteiger partial charge on any atom is -0.388 e. The van der Waals surface area contributed by atoms with Gasteiger partial charge in [-0.2, -0.15) is 0 Å². The molecule has 0 fully saturated rings. The van der Waals surface area contributed by atoms with Crippen LogP contribution in [-0.2, 0) is 9.47 Å². The van der Waals surface area contributed by atoms with Gasteiger partial charge in [-0.05, 0) is 12.8 Å². The second-order valence-corrected chi connectivity index (χ2v) is 4.69. The van der Waals surface area contributed by atoms with Gasteiger partial charge in [0.25, 0.3) is 0 Å². The average molecular weight is 273 g/mol. The van der Waals surface area contributed by atoms with Gasteiger partial charge in [-0.25, -0.2) is 0 Å². The molecule has 0 amide bonds. The second kappa shape index (κ2) is 10.6. The molecule has 0 spiro atoms. The third kappa shape index (κ3) is 9.67. The first-order valence-corrected chi connectivity index (χ1v) is 6.66. The number of hydrogen-bond acceptors (Lipinski definition) is 3. The third-order valence-corrected chi connectivity index (χ3v) is 2.66. The molecule has 1 N–H and O–H groups in total. The summed E-state index contributed by atoms with van der Waals surface area (Å²) >= 11 is 11.7. The maximum absolute atomic E-state index is 9.52. The van der Waals surface area contributed by atoms with Crippen molar-refractivity contribution >= 4 is 23.2 Å². The molecule has 0 heterocycles. The zero-order valence-electron chi connectivity index (χ0n) is 9.99. The van der Waals surface area contributed by atoms with Crippen LogP contribution in [0.2, 0.25) is 0 Å². The molecule has 2 atom stereocenters. The van der Waals surface area contributed by atoms with Gasteiger partial charge in [0, 0.05) is 0 Å². The van der Waals surface area contributed by atoms with Crippen LogP contribution < -0.4 is 0 Å². The molecular formula is C11H22Cl2O3. The van der Waals surface area contributed by atoms with Gasteiger partial charge in [0.2, 0.25) is 0 Å². The quantitative estimate of drug-likeness (QED) is 0.621. The van der Waals surface area contributed by atoms with Crippen LogP contribution in [0, 0.1) is 0 Å². The van der Waals surface area contributed by atoms with Crippen LogP contribution in [-0.4, -0.2) is 35.6 Å². The van der Waals surface area contributed by atoms with Crippen molar-refractivity contribution in [3.05, 3.63) is 0 Å². The summed E-state index contributed by atoms with van der Waals surface area (Å²) in [7, 11) is 0. The molecule has 0 aliphatic carbocycles. The molecule has 2 unspecified atom stereocenters. The van der Waals surface area contributed by atoms with E-state index in [2.05, 4.69) is 0 Å². The Morgan fingerprint density at radius 3 is 1.62 bits per heavy atom. The molecule has 0 bridgehead atoms. The summed E-state index contributed by atoms with van der Waals surface area (Å²) in [5.41, 5.74) is -0.663. The Morgan fingerprint density at radius 2 is 1.31 bits per heavy atom. The minimum atomic E-state index is -0.670. The van der Waals surface area contributed by atoms with Crippen molar-refractivity contribution < 1.29 is 14.6 Å². The monoisotopic (exact) mass is 272 g/mol. The molecular weight excluding hydrogens is 251 g/mol. The van der Waals surface area contributed by atoms with E-state index >= 15 is 0 Å². The Hall–Kier alpha value is 0.460. The van der Waals surface area contributed by atoms with Crippen molar-refractivity contribution in [2.75, 3.05) is 13.2 Å². The summed E-state index contributed by atoms with van der Waals surface area (Å²) in [6.07, 6.45) is 2.81. The number of alkyl halides is 2. The average Bonchev–Trinajstić information content (AvgIpc) is 2.24. The molecule has 0 radical (unpaired) electrons. The first-order valence-electron chi connectivity index (χ1n) is 5.79. The predicted octanol–water partition coefficient (Wildman–Crippen LogP) is 3.11. The summed E-state index contributed by atoms with van der Waals surface area (Å²) in [4.78, 5) is 0. The summed E-state index contributed by atoms with van der Waals surface area (Å²) < 4.78 is 10.5. The van der Waals surface area contributed by atoms with E-state index in [1.54, 1.807) is 0 Å². The molecule has 0 aliphatic rings. The minimum absolute atomic E-state index is 0.184. The van der Waals surface area contributed by atoms with Crippen LogP contribution in [0.4, 0.5) is 0 Å². The SMILES string of the molecule is CCCC(Cl)OCC(O)COC(Cl)CCC. The largest absolute Gasteiger partial charge is 0.388 e. The Kier molecular flexibility index (Phi) is 10.9. The molecule has 3 nitrogen and oxygen atoms in total. The number of halogens is 2. The van der Waals surface area contributed by atoms with Crippen molar-refractivity contribution in [3.8, 4) is 0 Å². The molecule has 0 aromatic rings. The smallest absolute Gasteiger partial charge is 0.131 e. The summed E-state index contributed by atoms with van der Waals surface area (Å²) in [5.74, 6) is 0. The van der Waals surface area contributed by atoms with Crippen molar-refractivity contribution in [2.24, 2.45) is 0 Å². The number of rotatable bonds is 10. The normalized spacial score (nSPS) is 17.1. The van der Waals surface area contributed by atoms with Crippen LogP contribution in [0.25, 0.3) is 0 Å². The molecule has 0 rings (SSSR count). The lowest BCUT2D eigenvalue weighted by Gasteiger charge is -2.16. The molecule has 0 saturated heterocycles. The lowest BCUT2D eigenvalue weighted by atomic mass is 10.3. The summed E-state index contributed by atoms with van der Waals surface area (Å²) in [5, 5.41) is 9.52. The van der Waals surface area contributed by atoms with E-state index in [4.69, 9.17) is 32.7 Å². The van der Waals surface area contributed by atoms with E-state index in [0.29, 0.717) is 0 Å². The van der Waals surface area contributed by atoms with Gasteiger partial charge >= 0.3 is 0 Å². The van der Waals surface area contributed by atoms with Crippen LogP contribution in [0.1, 0.15) is 39.5 Å². The molecule has 16 heavy (non-hydrogen) atoms. The summed E-state index contributed by atoms with van der Waals surface area (Å²) in [6, 6.07) is 0. The molecule has 5 heteroatoms. The van der Waals surface area contributed by atoms with E-state index in [1.165, 1.54) is 0 Å². The van der Waals surface area contributed by atoms with E-state index in [-0.39, 0.29) is 24.3 Å². The topological polar surface area (TPSA) is 38.7 Å². The fraction of sp³-hybridized carbons (Fsp3) is 1.00. The van der Waals surface area contributed by atoms with E-state index in [9.17, 15) is 5.11 Å². The second-order valence-electron chi connectivity index (χ2n) is 3.72. The summed E-state index contributed by atoms with van der Waals surface area (Å²) in [6.45, 7) is 4.43. The fourth-order valence-electron chi connectivity index (χ4n) is 1.10. The molecule has 98 valence electrons. The highest BCUT2D eigenvalue weighted by molar-refractivity contribution is 6.19. The Balaban J connectivity index is 3.46. The van der Waals surface area contributed by atoms with Crippen LogP contribution >= 0.6 is 23.2 Å². The van der Waals surface area contributed by atoms with E-state index < -0.39 is 6.10 Å². The van der Waals surface area contributed by atoms with Gasteiger partial charge in [0.05, 0.1) is 13.2 Å². The van der Waals surface area contributed by atoms with E-state index in [1.807, 2.05) is 13.8 Å². The highest BCUT2D eigenvalue weighted by Crippen LogP contribution is 2.09. The number of hydrogen-bond donors (Lipinski definition) is 1. The van der Waals surface area contributed by atoms with Gasteiger partial charge in [0.1, 0.15) is 17.2 Å². The highest BCUT2D eigenvalue weighted by atomic mass is 35.5. The van der Waals surface area contributed by atoms with E-state index in [0.717, 1.165) is 25.7 Å². The van der Waals surface area contributed by atoms with Crippen molar-refractivity contribution in [2.45, 2.75) is 56.8 Å². The first-order chi connectivity index (χ1) is 7.60. The molecule has 0 aromatic carbocycles. The van der Waals surface area contributed by atoms with Gasteiger partial charge in [-0.15, -0.1) is 0 Å². The van der Waals surface area contributed by atoms with Crippen molar-refractivity contribution in [3.63, 3.8) is 0 Å². The Morgan fingerprint density at radius 1 is 0.938 bits per heavy atom. The zero-order valence-corrected chi connectivity index (χ0v) is 11.5. The van der Waals surface area contributed by atoms with Crippen LogP contribution in [0.15, 0.2) is 0 Å². The van der Waals surface area contributed by atoms with Crippen molar-refractivity contribution in [1.29, 1.82) is 0 Å². The van der Waals surface area contributed by atoms with Crippen LogP contribution in [0.3, 0.4) is 0 Å². The molecule has 0 aromatic heterocycles.